The highest BCUT2D eigenvalue weighted by Crippen LogP contribution is 2.43. The molecule has 2 aromatic rings. The van der Waals surface area contributed by atoms with E-state index in [-0.39, 0.29) is 11.3 Å². The predicted molar refractivity (Wildman–Crippen MR) is 94.9 cm³/mol. The second-order valence-electron chi connectivity index (χ2n) is 6.57. The Kier molecular flexibility index (Phi) is 5.30. The van der Waals surface area contributed by atoms with Crippen LogP contribution in [0.15, 0.2) is 48.5 Å². The van der Waals surface area contributed by atoms with Gasteiger partial charge in [0.15, 0.2) is 12.4 Å². The molecule has 0 radical (unpaired) electrons. The first-order valence-corrected chi connectivity index (χ1v) is 8.64. The van der Waals surface area contributed by atoms with Crippen LogP contribution in [0.4, 0.5) is 10.1 Å². The van der Waals surface area contributed by atoms with Crippen LogP contribution in [-0.4, -0.2) is 23.3 Å². The van der Waals surface area contributed by atoms with Crippen LogP contribution in [0, 0.1) is 15.9 Å². The zero-order valence-corrected chi connectivity index (χ0v) is 14.5. The molecule has 0 bridgehead atoms. The molecule has 140 valence electrons. The Morgan fingerprint density at radius 2 is 1.70 bits per heavy atom. The van der Waals surface area contributed by atoms with Crippen LogP contribution in [0.2, 0.25) is 0 Å². The van der Waals surface area contributed by atoms with Gasteiger partial charge in [-0.05, 0) is 31.0 Å². The first kappa shape index (κ1) is 18.7. The smallest absolute Gasteiger partial charge is 0.317 e. The molecule has 0 atom stereocenters. The van der Waals surface area contributed by atoms with E-state index in [0.717, 1.165) is 12.8 Å². The van der Waals surface area contributed by atoms with Gasteiger partial charge in [0.05, 0.1) is 10.3 Å². The Bertz CT molecular complexity index is 872. The van der Waals surface area contributed by atoms with Gasteiger partial charge in [-0.1, -0.05) is 31.0 Å². The highest BCUT2D eigenvalue weighted by molar-refractivity contribution is 5.98. The lowest BCUT2D eigenvalue weighted by Gasteiger charge is -2.27. The Hall–Kier alpha value is -3.09. The van der Waals surface area contributed by atoms with Gasteiger partial charge in [0, 0.05) is 23.3 Å². The number of carbonyl (C=O) groups is 2. The molecule has 1 aliphatic rings. The van der Waals surface area contributed by atoms with Crippen molar-refractivity contribution in [3.63, 3.8) is 0 Å². The molecule has 0 aromatic heterocycles. The van der Waals surface area contributed by atoms with Crippen molar-refractivity contribution >= 4 is 17.4 Å². The molecular formula is C20H18FNO5. The third-order valence-corrected chi connectivity index (χ3v) is 4.97. The summed E-state index contributed by atoms with van der Waals surface area (Å²) in [5, 5.41) is 10.7. The molecule has 0 spiro atoms. The standard InChI is InChI=1S/C20H18FNO5/c21-17-6-2-1-5-16(17)20(11-3-4-12-20)19(24)27-13-18(23)14-7-9-15(10-8-14)22(25)26/h1-2,5-10H,3-4,11-13H2. The normalized spacial score (nSPS) is 15.3. The number of nitro groups is 1. The predicted octanol–water partition coefficient (Wildman–Crippen LogP) is 3.97. The number of carbonyl (C=O) groups excluding carboxylic acids is 2. The van der Waals surface area contributed by atoms with E-state index in [1.165, 1.54) is 30.3 Å². The fourth-order valence-corrected chi connectivity index (χ4v) is 3.53. The first-order valence-electron chi connectivity index (χ1n) is 8.64. The SMILES string of the molecule is O=C(COC(=O)C1(c2ccccc2F)CCCC1)c1ccc([N+](=O)[O-])cc1. The Morgan fingerprint density at radius 1 is 1.07 bits per heavy atom. The van der Waals surface area contributed by atoms with Gasteiger partial charge < -0.3 is 4.74 Å². The van der Waals surface area contributed by atoms with Crippen LogP contribution in [0.25, 0.3) is 0 Å². The van der Waals surface area contributed by atoms with Crippen molar-refractivity contribution in [3.8, 4) is 0 Å². The molecular weight excluding hydrogens is 353 g/mol. The van der Waals surface area contributed by atoms with Gasteiger partial charge in [0.1, 0.15) is 5.82 Å². The fourth-order valence-electron chi connectivity index (χ4n) is 3.53. The highest BCUT2D eigenvalue weighted by Gasteiger charge is 2.45. The van der Waals surface area contributed by atoms with Crippen LogP contribution in [-0.2, 0) is 14.9 Å². The maximum absolute atomic E-state index is 14.3. The van der Waals surface area contributed by atoms with Crippen molar-refractivity contribution in [2.24, 2.45) is 0 Å². The lowest BCUT2D eigenvalue weighted by Crippen LogP contribution is -2.36. The van der Waals surface area contributed by atoms with Gasteiger partial charge in [0.2, 0.25) is 0 Å². The van der Waals surface area contributed by atoms with Gasteiger partial charge in [-0.3, -0.25) is 19.7 Å². The van der Waals surface area contributed by atoms with Crippen molar-refractivity contribution in [1.82, 2.24) is 0 Å². The van der Waals surface area contributed by atoms with Gasteiger partial charge in [-0.2, -0.15) is 0 Å². The van der Waals surface area contributed by atoms with Crippen molar-refractivity contribution < 1.29 is 23.6 Å². The number of hydrogen-bond donors (Lipinski definition) is 0. The quantitative estimate of drug-likeness (QED) is 0.332. The molecule has 1 aliphatic carbocycles. The van der Waals surface area contributed by atoms with Crippen molar-refractivity contribution in [2.75, 3.05) is 6.61 Å². The van der Waals surface area contributed by atoms with E-state index in [0.29, 0.717) is 18.4 Å². The Balaban J connectivity index is 1.72. The summed E-state index contributed by atoms with van der Waals surface area (Å²) >= 11 is 0. The monoisotopic (exact) mass is 371 g/mol. The van der Waals surface area contributed by atoms with E-state index in [4.69, 9.17) is 4.74 Å². The van der Waals surface area contributed by atoms with E-state index in [2.05, 4.69) is 0 Å². The second-order valence-corrected chi connectivity index (χ2v) is 6.57. The topological polar surface area (TPSA) is 86.5 Å². The summed E-state index contributed by atoms with van der Waals surface area (Å²) in [7, 11) is 0. The molecule has 0 heterocycles. The zero-order valence-electron chi connectivity index (χ0n) is 14.5. The molecule has 0 unspecified atom stereocenters. The van der Waals surface area contributed by atoms with E-state index >= 15 is 0 Å². The van der Waals surface area contributed by atoms with Gasteiger partial charge in [-0.15, -0.1) is 0 Å². The molecule has 1 saturated carbocycles. The molecule has 1 fully saturated rings. The largest absolute Gasteiger partial charge is 0.457 e. The Morgan fingerprint density at radius 3 is 2.30 bits per heavy atom. The number of ether oxygens (including phenoxy) is 1. The van der Waals surface area contributed by atoms with Crippen LogP contribution in [0.3, 0.4) is 0 Å². The molecule has 3 rings (SSSR count). The number of esters is 1. The van der Waals surface area contributed by atoms with E-state index in [1.54, 1.807) is 18.2 Å². The minimum atomic E-state index is -1.07. The number of ketones is 1. The molecule has 0 N–H and O–H groups in total. The van der Waals surface area contributed by atoms with Crippen molar-refractivity contribution in [1.29, 1.82) is 0 Å². The lowest BCUT2D eigenvalue weighted by molar-refractivity contribution is -0.384. The average Bonchev–Trinajstić information content (AvgIpc) is 3.17. The molecule has 7 heteroatoms. The minimum absolute atomic E-state index is 0.131. The van der Waals surface area contributed by atoms with Crippen LogP contribution >= 0.6 is 0 Å². The minimum Gasteiger partial charge on any atom is -0.457 e. The fraction of sp³-hybridized carbons (Fsp3) is 0.300. The van der Waals surface area contributed by atoms with Gasteiger partial charge >= 0.3 is 5.97 Å². The molecule has 0 saturated heterocycles. The van der Waals surface area contributed by atoms with Crippen LogP contribution < -0.4 is 0 Å². The zero-order chi connectivity index (χ0) is 19.4. The second kappa shape index (κ2) is 7.65. The maximum Gasteiger partial charge on any atom is 0.317 e. The summed E-state index contributed by atoms with van der Waals surface area (Å²) in [6, 6.07) is 11.2. The Labute approximate surface area is 155 Å². The summed E-state index contributed by atoms with van der Waals surface area (Å²) in [5.41, 5.74) is -0.691. The van der Waals surface area contributed by atoms with Crippen LogP contribution in [0.1, 0.15) is 41.6 Å². The summed E-state index contributed by atoms with van der Waals surface area (Å²) in [4.78, 5) is 35.1. The average molecular weight is 371 g/mol. The van der Waals surface area contributed by atoms with Crippen molar-refractivity contribution in [3.05, 3.63) is 75.6 Å². The number of nitro benzene ring substituents is 1. The number of nitrogens with zero attached hydrogens (tertiary/aromatic N) is 1. The third kappa shape index (κ3) is 3.72. The molecule has 27 heavy (non-hydrogen) atoms. The summed E-state index contributed by atoms with van der Waals surface area (Å²) in [5.74, 6) is -1.54. The number of hydrogen-bond acceptors (Lipinski definition) is 5. The number of rotatable bonds is 6. The first-order chi connectivity index (χ1) is 12.9. The van der Waals surface area contributed by atoms with Gasteiger partial charge in [0.25, 0.3) is 5.69 Å². The molecule has 2 aromatic carbocycles. The maximum atomic E-state index is 14.3. The highest BCUT2D eigenvalue weighted by atomic mass is 19.1. The van der Waals surface area contributed by atoms with Crippen LogP contribution in [0.5, 0.6) is 0 Å². The summed E-state index contributed by atoms with van der Waals surface area (Å²) < 4.78 is 19.5. The van der Waals surface area contributed by atoms with Crippen molar-refractivity contribution in [2.45, 2.75) is 31.1 Å². The lowest BCUT2D eigenvalue weighted by atomic mass is 9.78. The third-order valence-electron chi connectivity index (χ3n) is 4.97. The summed E-state index contributed by atoms with van der Waals surface area (Å²) in [6.45, 7) is -0.493. The van der Waals surface area contributed by atoms with E-state index in [9.17, 15) is 24.1 Å². The van der Waals surface area contributed by atoms with E-state index < -0.39 is 34.5 Å². The van der Waals surface area contributed by atoms with Gasteiger partial charge in [-0.25, -0.2) is 4.39 Å². The molecule has 6 nitrogen and oxygen atoms in total. The number of Topliss-reactive ketones (excluding diaryl/α,β-unsaturated/α-hetero) is 1. The molecule has 0 amide bonds. The number of benzene rings is 2. The number of halogens is 1. The molecule has 0 aliphatic heterocycles. The number of non-ortho nitro benzene ring substituents is 1. The van der Waals surface area contributed by atoms with E-state index in [1.807, 2.05) is 0 Å². The summed E-state index contributed by atoms with van der Waals surface area (Å²) in [6.07, 6.45) is 2.50.